The molecule has 0 aliphatic carbocycles. The number of carbonyl (C=O) groups is 1. The van der Waals surface area contributed by atoms with Gasteiger partial charge in [0.1, 0.15) is 20.1 Å². The first-order valence-electron chi connectivity index (χ1n) is 4.24. The number of ether oxygens (including phenoxy) is 3. The summed E-state index contributed by atoms with van der Waals surface area (Å²) in [4.78, 5) is 12.5. The van der Waals surface area contributed by atoms with Crippen molar-refractivity contribution in [1.82, 2.24) is 4.90 Å². The van der Waals surface area contributed by atoms with Crippen LogP contribution in [0.4, 0.5) is 0 Å². The summed E-state index contributed by atoms with van der Waals surface area (Å²) in [5, 5.41) is 0. The number of esters is 1. The molecule has 0 N–H and O–H groups in total. The summed E-state index contributed by atoms with van der Waals surface area (Å²) in [5.41, 5.74) is 0. The Morgan fingerprint density at radius 1 is 1.36 bits per heavy atom. The molecule has 0 saturated carbocycles. The van der Waals surface area contributed by atoms with E-state index in [-0.39, 0.29) is 0 Å². The van der Waals surface area contributed by atoms with Gasteiger partial charge in [-0.25, -0.2) is 4.79 Å². The minimum Gasteiger partial charge on any atom is -0.461 e. The lowest BCUT2D eigenvalue weighted by Crippen LogP contribution is -2.31. The van der Waals surface area contributed by atoms with Crippen molar-refractivity contribution in [3.05, 3.63) is 12.7 Å². The molecular formula is C9H17NO4. The monoisotopic (exact) mass is 203 g/mol. The van der Waals surface area contributed by atoms with E-state index < -0.39 is 5.97 Å². The van der Waals surface area contributed by atoms with Gasteiger partial charge in [-0.2, -0.15) is 0 Å². The highest BCUT2D eigenvalue weighted by atomic mass is 16.5. The molecule has 0 aromatic heterocycles. The molecular weight excluding hydrogens is 186 g/mol. The predicted molar refractivity (Wildman–Crippen MR) is 51.6 cm³/mol. The molecule has 0 aromatic carbocycles. The van der Waals surface area contributed by atoms with Crippen molar-refractivity contribution in [1.29, 1.82) is 0 Å². The molecule has 0 amide bonds. The van der Waals surface area contributed by atoms with E-state index in [2.05, 4.69) is 6.58 Å². The normalized spacial score (nSPS) is 10.2. The highest BCUT2D eigenvalue weighted by Gasteiger charge is 2.04. The average molecular weight is 203 g/mol. The molecule has 0 aromatic rings. The van der Waals surface area contributed by atoms with Crippen LogP contribution >= 0.6 is 0 Å². The second kappa shape index (κ2) is 8.68. The fourth-order valence-electron chi connectivity index (χ4n) is 0.866. The van der Waals surface area contributed by atoms with E-state index in [0.29, 0.717) is 26.6 Å². The molecule has 0 aliphatic rings. The van der Waals surface area contributed by atoms with Crippen LogP contribution < -0.4 is 0 Å². The Labute approximate surface area is 84.2 Å². The fraction of sp³-hybridized carbons (Fsp3) is 0.667. The third-order valence-electron chi connectivity index (χ3n) is 1.44. The topological polar surface area (TPSA) is 48.0 Å². The maximum absolute atomic E-state index is 10.7. The van der Waals surface area contributed by atoms with Gasteiger partial charge >= 0.3 is 5.97 Å². The minimum absolute atomic E-state index is 0.303. The molecule has 0 spiro atoms. The van der Waals surface area contributed by atoms with Gasteiger partial charge < -0.3 is 14.2 Å². The van der Waals surface area contributed by atoms with Gasteiger partial charge in [-0.3, -0.25) is 4.90 Å². The zero-order valence-electron chi connectivity index (χ0n) is 8.69. The van der Waals surface area contributed by atoms with Gasteiger partial charge in [0.15, 0.2) is 0 Å². The van der Waals surface area contributed by atoms with Gasteiger partial charge in [-0.1, -0.05) is 6.58 Å². The number of nitrogens with zero attached hydrogens (tertiary/aromatic N) is 1. The Morgan fingerprint density at radius 3 is 2.36 bits per heavy atom. The Bertz CT molecular complexity index is 166. The third kappa shape index (κ3) is 6.59. The lowest BCUT2D eigenvalue weighted by molar-refractivity contribution is -0.139. The standard InChI is InChI=1S/C9H17NO4/c1-4-9(11)14-6-5-10(7-12-2)8-13-3/h4H,1,5-8H2,2-3H3. The van der Waals surface area contributed by atoms with Crippen molar-refractivity contribution in [3.63, 3.8) is 0 Å². The Balaban J connectivity index is 3.58. The zero-order valence-corrected chi connectivity index (χ0v) is 8.69. The molecule has 5 nitrogen and oxygen atoms in total. The zero-order chi connectivity index (χ0) is 10.8. The Hall–Kier alpha value is -0.910. The predicted octanol–water partition coefficient (Wildman–Crippen LogP) is 0.225. The smallest absolute Gasteiger partial charge is 0.330 e. The molecule has 0 saturated heterocycles. The second-order valence-corrected chi connectivity index (χ2v) is 2.60. The lowest BCUT2D eigenvalue weighted by atomic mass is 10.6. The molecule has 14 heavy (non-hydrogen) atoms. The largest absolute Gasteiger partial charge is 0.461 e. The SMILES string of the molecule is C=CC(=O)OCCN(COC)COC. The van der Waals surface area contributed by atoms with Crippen LogP contribution in [0.1, 0.15) is 0 Å². The molecule has 0 aliphatic heterocycles. The number of methoxy groups -OCH3 is 2. The van der Waals surface area contributed by atoms with Crippen LogP contribution in [-0.2, 0) is 19.0 Å². The van der Waals surface area contributed by atoms with Crippen LogP contribution in [0.15, 0.2) is 12.7 Å². The number of rotatable bonds is 8. The fourth-order valence-corrected chi connectivity index (χ4v) is 0.866. The van der Waals surface area contributed by atoms with E-state index >= 15 is 0 Å². The average Bonchev–Trinajstić information content (AvgIpc) is 2.18. The molecule has 0 atom stereocenters. The van der Waals surface area contributed by atoms with Crippen molar-refractivity contribution < 1.29 is 19.0 Å². The van der Waals surface area contributed by atoms with Gasteiger partial charge in [0, 0.05) is 26.8 Å². The Morgan fingerprint density at radius 2 is 1.93 bits per heavy atom. The highest BCUT2D eigenvalue weighted by Crippen LogP contribution is 1.89. The van der Waals surface area contributed by atoms with Crippen molar-refractivity contribution in [2.75, 3.05) is 40.8 Å². The van der Waals surface area contributed by atoms with Gasteiger partial charge in [-0.05, 0) is 0 Å². The molecule has 0 unspecified atom stereocenters. The molecule has 0 bridgehead atoms. The molecule has 5 heteroatoms. The van der Waals surface area contributed by atoms with Crippen molar-refractivity contribution in [3.8, 4) is 0 Å². The summed E-state index contributed by atoms with van der Waals surface area (Å²) in [6.07, 6.45) is 1.14. The molecule has 0 rings (SSSR count). The maximum Gasteiger partial charge on any atom is 0.330 e. The molecule has 82 valence electrons. The van der Waals surface area contributed by atoms with Gasteiger partial charge in [-0.15, -0.1) is 0 Å². The summed E-state index contributed by atoms with van der Waals surface area (Å²) in [6, 6.07) is 0. The lowest BCUT2D eigenvalue weighted by Gasteiger charge is -2.19. The van der Waals surface area contributed by atoms with Gasteiger partial charge in [0.25, 0.3) is 0 Å². The van der Waals surface area contributed by atoms with Crippen molar-refractivity contribution in [2.24, 2.45) is 0 Å². The maximum atomic E-state index is 10.7. The minimum atomic E-state index is -0.417. The first-order valence-corrected chi connectivity index (χ1v) is 4.24. The third-order valence-corrected chi connectivity index (χ3v) is 1.44. The van der Waals surface area contributed by atoms with E-state index in [1.54, 1.807) is 14.2 Å². The summed E-state index contributed by atoms with van der Waals surface area (Å²) in [7, 11) is 3.19. The van der Waals surface area contributed by atoms with E-state index in [1.807, 2.05) is 4.90 Å². The van der Waals surface area contributed by atoms with Crippen LogP contribution in [0.25, 0.3) is 0 Å². The van der Waals surface area contributed by atoms with E-state index in [4.69, 9.17) is 14.2 Å². The molecule has 0 fully saturated rings. The summed E-state index contributed by atoms with van der Waals surface area (Å²) in [6.45, 7) is 5.06. The number of hydrogen-bond donors (Lipinski definition) is 0. The molecule has 0 radical (unpaired) electrons. The van der Waals surface area contributed by atoms with Crippen LogP contribution in [0, 0.1) is 0 Å². The summed E-state index contributed by atoms with van der Waals surface area (Å²) in [5.74, 6) is -0.417. The first-order chi connectivity index (χ1) is 6.74. The van der Waals surface area contributed by atoms with E-state index in [9.17, 15) is 4.79 Å². The van der Waals surface area contributed by atoms with Crippen molar-refractivity contribution in [2.45, 2.75) is 0 Å². The van der Waals surface area contributed by atoms with Crippen LogP contribution in [0.5, 0.6) is 0 Å². The Kier molecular flexibility index (Phi) is 8.11. The number of carbonyl (C=O) groups excluding carboxylic acids is 1. The van der Waals surface area contributed by atoms with E-state index in [1.165, 1.54) is 0 Å². The van der Waals surface area contributed by atoms with Gasteiger partial charge in [0.2, 0.25) is 0 Å². The highest BCUT2D eigenvalue weighted by molar-refractivity contribution is 5.81. The van der Waals surface area contributed by atoms with Crippen LogP contribution in [0.3, 0.4) is 0 Å². The number of hydrogen-bond acceptors (Lipinski definition) is 5. The quantitative estimate of drug-likeness (QED) is 0.321. The van der Waals surface area contributed by atoms with E-state index in [0.717, 1.165) is 6.08 Å². The summed E-state index contributed by atoms with van der Waals surface area (Å²) < 4.78 is 14.7. The van der Waals surface area contributed by atoms with Gasteiger partial charge in [0.05, 0.1) is 0 Å². The van der Waals surface area contributed by atoms with Crippen LogP contribution in [-0.4, -0.2) is 51.7 Å². The van der Waals surface area contributed by atoms with Crippen LogP contribution in [0.2, 0.25) is 0 Å². The summed E-state index contributed by atoms with van der Waals surface area (Å²) >= 11 is 0. The first kappa shape index (κ1) is 13.1. The van der Waals surface area contributed by atoms with Crippen molar-refractivity contribution >= 4 is 5.97 Å². The second-order valence-electron chi connectivity index (χ2n) is 2.60. The molecule has 0 heterocycles.